The van der Waals surface area contributed by atoms with Gasteiger partial charge in [0.25, 0.3) is 0 Å². The van der Waals surface area contributed by atoms with E-state index in [1.54, 1.807) is 30.9 Å². The molecule has 0 saturated heterocycles. The molecule has 11 heteroatoms. The van der Waals surface area contributed by atoms with E-state index < -0.39 is 12.3 Å². The number of ether oxygens (including phenoxy) is 2. The number of nitrogens with zero attached hydrogens (tertiary/aromatic N) is 4. The van der Waals surface area contributed by atoms with Crippen molar-refractivity contribution in [2.75, 3.05) is 27.2 Å². The number of aliphatic hydroxyl groups is 1. The smallest absolute Gasteiger partial charge is 0.395 e. The second-order valence-electron chi connectivity index (χ2n) is 5.63. The summed E-state index contributed by atoms with van der Waals surface area (Å²) in [6, 6.07) is 3.80. The van der Waals surface area contributed by atoms with Crippen LogP contribution in [-0.2, 0) is 0 Å². The van der Waals surface area contributed by atoms with Gasteiger partial charge in [0.2, 0.25) is 0 Å². The van der Waals surface area contributed by atoms with Crippen LogP contribution in [0.25, 0.3) is 5.69 Å². The monoisotopic (exact) mass is 398 g/mol. The molecular formula is C16H16F2N4O4S. The zero-order valence-corrected chi connectivity index (χ0v) is 15.2. The fraction of sp³-hybridized carbons (Fsp3) is 0.312. The Bertz CT molecular complexity index is 952. The third-order valence-corrected chi connectivity index (χ3v) is 4.27. The van der Waals surface area contributed by atoms with E-state index in [1.807, 2.05) is 0 Å². The van der Waals surface area contributed by atoms with Gasteiger partial charge in [-0.15, -0.1) is 8.78 Å². The second-order valence-corrected chi connectivity index (χ2v) is 6.67. The van der Waals surface area contributed by atoms with Crippen LogP contribution >= 0.6 is 11.3 Å². The van der Waals surface area contributed by atoms with E-state index in [9.17, 15) is 13.6 Å². The number of rotatable bonds is 4. The van der Waals surface area contributed by atoms with Gasteiger partial charge in [0.05, 0.1) is 23.7 Å². The number of halogens is 2. The molecule has 0 atom stereocenters. The molecule has 3 rings (SSSR count). The Morgan fingerprint density at radius 1 is 1.37 bits per heavy atom. The van der Waals surface area contributed by atoms with Gasteiger partial charge in [-0.1, -0.05) is 11.3 Å². The van der Waals surface area contributed by atoms with Crippen molar-refractivity contribution < 1.29 is 28.2 Å². The zero-order valence-electron chi connectivity index (χ0n) is 14.4. The molecule has 1 N–H and O–H groups in total. The van der Waals surface area contributed by atoms with Crippen molar-refractivity contribution in [1.82, 2.24) is 9.47 Å². The lowest BCUT2D eigenvalue weighted by molar-refractivity contribution is -0.286. The molecule has 0 spiro atoms. The van der Waals surface area contributed by atoms with Gasteiger partial charge < -0.3 is 19.5 Å². The molecule has 8 nitrogen and oxygen atoms in total. The lowest BCUT2D eigenvalue weighted by atomic mass is 10.3. The number of thiazole rings is 1. The van der Waals surface area contributed by atoms with Crippen LogP contribution in [0.2, 0.25) is 0 Å². The van der Waals surface area contributed by atoms with Crippen LogP contribution in [-0.4, -0.2) is 60.4 Å². The van der Waals surface area contributed by atoms with Crippen molar-refractivity contribution >= 4 is 23.6 Å². The van der Waals surface area contributed by atoms with Crippen LogP contribution in [0.1, 0.15) is 4.88 Å². The topological polar surface area (TPSA) is 88.7 Å². The Morgan fingerprint density at radius 3 is 2.81 bits per heavy atom. The van der Waals surface area contributed by atoms with E-state index in [1.165, 1.54) is 34.6 Å². The summed E-state index contributed by atoms with van der Waals surface area (Å²) in [5.41, 5.74) is 0.457. The van der Waals surface area contributed by atoms with Crippen molar-refractivity contribution in [3.63, 3.8) is 0 Å². The number of carbonyl (C=O) groups excluding carboxylic acids is 1. The summed E-state index contributed by atoms with van der Waals surface area (Å²) < 4.78 is 36.9. The molecule has 0 radical (unpaired) electrons. The van der Waals surface area contributed by atoms with E-state index in [-0.39, 0.29) is 24.7 Å². The molecule has 2 aromatic rings. The Kier molecular flexibility index (Phi) is 5.24. The Hall–Kier alpha value is -2.79. The fourth-order valence-electron chi connectivity index (χ4n) is 2.17. The Balaban J connectivity index is 2.05. The van der Waals surface area contributed by atoms with Crippen molar-refractivity contribution in [3.05, 3.63) is 34.1 Å². The molecule has 144 valence electrons. The van der Waals surface area contributed by atoms with Gasteiger partial charge in [0.15, 0.2) is 16.3 Å². The van der Waals surface area contributed by atoms with Crippen molar-refractivity contribution in [2.45, 2.75) is 6.29 Å². The summed E-state index contributed by atoms with van der Waals surface area (Å²) >= 11 is 1.18. The number of carbonyl (C=O) groups is 1. The van der Waals surface area contributed by atoms with E-state index in [4.69, 9.17) is 5.11 Å². The minimum atomic E-state index is -3.71. The average molecular weight is 398 g/mol. The molecule has 1 aromatic carbocycles. The number of urea groups is 1. The standard InChI is InChI=1S/C16H16F2N4O4S/c1-21(2)14(24)20-15-22(9-11(27-15)8-19-5-6-23)10-3-4-12-13(7-10)26-16(17,18)25-12/h3-4,7-9,23H,5-6H2,1-2H3/b19-8?,20-15-. The van der Waals surface area contributed by atoms with Crippen LogP contribution in [0, 0.1) is 0 Å². The minimum absolute atomic E-state index is 0.0767. The molecule has 0 aliphatic carbocycles. The summed E-state index contributed by atoms with van der Waals surface area (Å²) in [6.45, 7) is 0.148. The van der Waals surface area contributed by atoms with Gasteiger partial charge in [-0.2, -0.15) is 4.99 Å². The van der Waals surface area contributed by atoms with Gasteiger partial charge in [0, 0.05) is 32.6 Å². The Morgan fingerprint density at radius 2 is 2.11 bits per heavy atom. The largest absolute Gasteiger partial charge is 0.586 e. The molecule has 1 aliphatic heterocycles. The summed E-state index contributed by atoms with van der Waals surface area (Å²) in [5.74, 6) is -0.191. The van der Waals surface area contributed by atoms with Crippen molar-refractivity contribution in [3.8, 4) is 17.2 Å². The summed E-state index contributed by atoms with van der Waals surface area (Å²) in [4.78, 5) is 22.4. The highest BCUT2D eigenvalue weighted by atomic mass is 32.1. The van der Waals surface area contributed by atoms with Crippen LogP contribution in [0.4, 0.5) is 13.6 Å². The number of fused-ring (bicyclic) bond motifs is 1. The lowest BCUT2D eigenvalue weighted by Gasteiger charge is -2.06. The molecule has 0 unspecified atom stereocenters. The predicted octanol–water partition coefficient (Wildman–Crippen LogP) is 1.85. The Labute approximate surface area is 156 Å². The molecule has 0 bridgehead atoms. The van der Waals surface area contributed by atoms with Gasteiger partial charge >= 0.3 is 12.3 Å². The number of hydrogen-bond acceptors (Lipinski definition) is 6. The number of aromatic nitrogens is 1. The molecular weight excluding hydrogens is 382 g/mol. The SMILES string of the molecule is CN(C)C(=O)/N=c1\sc(C=NCCO)cn1-c1ccc2c(c1)OC(F)(F)O2. The number of aliphatic imine (C=N–C) groups is 1. The molecule has 1 aliphatic rings. The maximum atomic E-state index is 13.2. The molecule has 27 heavy (non-hydrogen) atoms. The molecule has 0 saturated carbocycles. The number of hydrogen-bond donors (Lipinski definition) is 1. The van der Waals surface area contributed by atoms with E-state index in [2.05, 4.69) is 19.5 Å². The first-order chi connectivity index (χ1) is 12.8. The van der Waals surface area contributed by atoms with Gasteiger partial charge in [0.1, 0.15) is 0 Å². The minimum Gasteiger partial charge on any atom is -0.395 e. The maximum absolute atomic E-state index is 13.2. The number of aliphatic hydroxyl groups excluding tert-OH is 1. The normalized spacial score (nSPS) is 15.5. The summed E-state index contributed by atoms with van der Waals surface area (Å²) in [6.07, 6.45) is -0.517. The first kappa shape index (κ1) is 19.0. The van der Waals surface area contributed by atoms with Gasteiger partial charge in [-0.3, -0.25) is 9.56 Å². The molecule has 1 aromatic heterocycles. The van der Waals surface area contributed by atoms with Crippen LogP contribution in [0.5, 0.6) is 11.5 Å². The van der Waals surface area contributed by atoms with Crippen LogP contribution < -0.4 is 14.3 Å². The highest BCUT2D eigenvalue weighted by Crippen LogP contribution is 2.41. The first-order valence-electron chi connectivity index (χ1n) is 7.78. The first-order valence-corrected chi connectivity index (χ1v) is 8.60. The molecule has 0 fully saturated rings. The van der Waals surface area contributed by atoms with E-state index in [0.29, 0.717) is 15.4 Å². The highest BCUT2D eigenvalue weighted by molar-refractivity contribution is 7.11. The number of benzene rings is 1. The highest BCUT2D eigenvalue weighted by Gasteiger charge is 2.43. The van der Waals surface area contributed by atoms with E-state index >= 15 is 0 Å². The lowest BCUT2D eigenvalue weighted by Crippen LogP contribution is -2.26. The van der Waals surface area contributed by atoms with Crippen LogP contribution in [0.15, 0.2) is 34.4 Å². The zero-order chi connectivity index (χ0) is 19.6. The fourth-order valence-corrected chi connectivity index (χ4v) is 3.04. The molecule has 2 amide bonds. The average Bonchev–Trinajstić information content (AvgIpc) is 3.12. The third-order valence-electron chi connectivity index (χ3n) is 3.36. The van der Waals surface area contributed by atoms with Gasteiger partial charge in [-0.25, -0.2) is 4.79 Å². The number of amides is 2. The maximum Gasteiger partial charge on any atom is 0.586 e. The van der Waals surface area contributed by atoms with Crippen molar-refractivity contribution in [1.29, 1.82) is 0 Å². The summed E-state index contributed by atoms with van der Waals surface area (Å²) in [7, 11) is 3.13. The second kappa shape index (κ2) is 7.45. The van der Waals surface area contributed by atoms with Crippen molar-refractivity contribution in [2.24, 2.45) is 9.98 Å². The third kappa shape index (κ3) is 4.31. The molecule has 2 heterocycles. The quantitative estimate of drug-likeness (QED) is 0.797. The number of alkyl halides is 2. The van der Waals surface area contributed by atoms with E-state index in [0.717, 1.165) is 0 Å². The predicted molar refractivity (Wildman–Crippen MR) is 94.0 cm³/mol. The van der Waals surface area contributed by atoms with Crippen LogP contribution in [0.3, 0.4) is 0 Å². The summed E-state index contributed by atoms with van der Waals surface area (Å²) in [5, 5.41) is 8.82. The van der Waals surface area contributed by atoms with Gasteiger partial charge in [-0.05, 0) is 12.1 Å².